The topological polar surface area (TPSA) is 81.7 Å². The summed E-state index contributed by atoms with van der Waals surface area (Å²) >= 11 is 6.14. The minimum atomic E-state index is -0.0814. The molecule has 5 nitrogen and oxygen atoms in total. The van der Waals surface area contributed by atoms with E-state index < -0.39 is 0 Å². The Bertz CT molecular complexity index is 596. The lowest BCUT2D eigenvalue weighted by Crippen LogP contribution is -2.21. The number of halogens is 1. The summed E-state index contributed by atoms with van der Waals surface area (Å²) in [5.74, 6) is -0.0814. The molecule has 2 rings (SSSR count). The molecule has 0 amide bonds. The molecule has 0 atom stereocenters. The van der Waals surface area contributed by atoms with Gasteiger partial charge in [-0.25, -0.2) is 0 Å². The minimum Gasteiger partial charge on any atom is -0.369 e. The van der Waals surface area contributed by atoms with Gasteiger partial charge in [0.1, 0.15) is 0 Å². The molecule has 0 radical (unpaired) electrons. The molecule has 4 N–H and O–H groups in total. The highest BCUT2D eigenvalue weighted by Gasteiger charge is 2.04. The summed E-state index contributed by atoms with van der Waals surface area (Å²) < 4.78 is 1.90. The van der Waals surface area contributed by atoms with Crippen LogP contribution in [0.2, 0.25) is 5.02 Å². The molecule has 2 aromatic rings. The van der Waals surface area contributed by atoms with Gasteiger partial charge in [0.25, 0.3) is 0 Å². The summed E-state index contributed by atoms with van der Waals surface area (Å²) in [6.07, 6.45) is 3.45. The van der Waals surface area contributed by atoms with Gasteiger partial charge >= 0.3 is 0 Å². The number of hydrogen-bond donors (Lipinski definition) is 2. The van der Waals surface area contributed by atoms with Gasteiger partial charge in [-0.05, 0) is 24.3 Å². The SMILES string of the molecule is NC(N)=NN=Cc1cccn1-c1ccccc1Cl. The van der Waals surface area contributed by atoms with Crippen LogP contribution in [0.25, 0.3) is 5.69 Å². The molecule has 6 heteroatoms. The molecule has 0 aliphatic carbocycles. The monoisotopic (exact) mass is 261 g/mol. The molecule has 1 aromatic carbocycles. The predicted octanol–water partition coefficient (Wildman–Crippen LogP) is 1.74. The number of benzene rings is 1. The number of aromatic nitrogens is 1. The normalized spacial score (nSPS) is 10.7. The standard InChI is InChI=1S/C12H12ClN5/c13-10-5-1-2-6-11(10)18-7-3-4-9(18)8-16-17-12(14)15/h1-8H,(H4,14,15,17). The fourth-order valence-corrected chi connectivity index (χ4v) is 1.75. The zero-order valence-electron chi connectivity index (χ0n) is 9.49. The smallest absolute Gasteiger partial charge is 0.211 e. The average molecular weight is 262 g/mol. The van der Waals surface area contributed by atoms with E-state index in [-0.39, 0.29) is 5.96 Å². The van der Waals surface area contributed by atoms with Crippen LogP contribution in [-0.2, 0) is 0 Å². The van der Waals surface area contributed by atoms with E-state index in [4.69, 9.17) is 23.1 Å². The maximum Gasteiger partial charge on any atom is 0.211 e. The van der Waals surface area contributed by atoms with Crippen molar-refractivity contribution in [1.29, 1.82) is 0 Å². The molecule has 18 heavy (non-hydrogen) atoms. The van der Waals surface area contributed by atoms with Crippen LogP contribution in [0.15, 0.2) is 52.8 Å². The highest BCUT2D eigenvalue weighted by molar-refractivity contribution is 6.32. The molecule has 0 aliphatic rings. The first-order valence-electron chi connectivity index (χ1n) is 5.22. The first-order chi connectivity index (χ1) is 8.68. The molecule has 0 unspecified atom stereocenters. The second kappa shape index (κ2) is 5.37. The van der Waals surface area contributed by atoms with Gasteiger partial charge in [0.2, 0.25) is 5.96 Å². The van der Waals surface area contributed by atoms with Gasteiger partial charge in [-0.1, -0.05) is 23.7 Å². The summed E-state index contributed by atoms with van der Waals surface area (Å²) in [6.45, 7) is 0. The van der Waals surface area contributed by atoms with E-state index >= 15 is 0 Å². The van der Waals surface area contributed by atoms with Crippen LogP contribution in [0.4, 0.5) is 0 Å². The number of hydrogen-bond acceptors (Lipinski definition) is 2. The van der Waals surface area contributed by atoms with E-state index in [9.17, 15) is 0 Å². The summed E-state index contributed by atoms with van der Waals surface area (Å²) in [4.78, 5) is 0. The van der Waals surface area contributed by atoms with Crippen molar-refractivity contribution < 1.29 is 0 Å². The third-order valence-corrected chi connectivity index (χ3v) is 2.58. The van der Waals surface area contributed by atoms with Crippen LogP contribution in [-0.4, -0.2) is 16.7 Å². The molecule has 1 aromatic heterocycles. The van der Waals surface area contributed by atoms with Crippen molar-refractivity contribution in [2.75, 3.05) is 0 Å². The van der Waals surface area contributed by atoms with Crippen LogP contribution >= 0.6 is 11.6 Å². The number of rotatable bonds is 3. The van der Waals surface area contributed by atoms with Crippen molar-refractivity contribution in [3.63, 3.8) is 0 Å². The first kappa shape index (κ1) is 12.2. The molecule has 0 bridgehead atoms. The van der Waals surface area contributed by atoms with Gasteiger partial charge in [-0.2, -0.15) is 5.10 Å². The van der Waals surface area contributed by atoms with Gasteiger partial charge in [0.05, 0.1) is 22.6 Å². The van der Waals surface area contributed by atoms with Gasteiger partial charge in [0.15, 0.2) is 0 Å². The van der Waals surface area contributed by atoms with E-state index in [2.05, 4.69) is 10.2 Å². The van der Waals surface area contributed by atoms with Crippen LogP contribution < -0.4 is 11.5 Å². The summed E-state index contributed by atoms with van der Waals surface area (Å²) in [5, 5.41) is 7.99. The van der Waals surface area contributed by atoms with Crippen LogP contribution in [0.3, 0.4) is 0 Å². The van der Waals surface area contributed by atoms with Gasteiger partial charge in [0, 0.05) is 6.20 Å². The Morgan fingerprint density at radius 2 is 1.94 bits per heavy atom. The average Bonchev–Trinajstić information content (AvgIpc) is 2.77. The van der Waals surface area contributed by atoms with E-state index in [1.165, 1.54) is 0 Å². The van der Waals surface area contributed by atoms with Crippen LogP contribution in [0.5, 0.6) is 0 Å². The summed E-state index contributed by atoms with van der Waals surface area (Å²) in [7, 11) is 0. The van der Waals surface area contributed by atoms with Gasteiger partial charge in [-0.3, -0.25) is 0 Å². The lowest BCUT2D eigenvalue weighted by atomic mass is 10.3. The van der Waals surface area contributed by atoms with Crippen molar-refractivity contribution in [1.82, 2.24) is 4.57 Å². The molecule has 0 aliphatic heterocycles. The quantitative estimate of drug-likeness (QED) is 0.501. The number of nitrogens with two attached hydrogens (primary N) is 2. The van der Waals surface area contributed by atoms with Crippen molar-refractivity contribution in [3.05, 3.63) is 53.3 Å². The number of para-hydroxylation sites is 1. The first-order valence-corrected chi connectivity index (χ1v) is 5.60. The second-order valence-corrected chi connectivity index (χ2v) is 3.93. The maximum atomic E-state index is 6.14. The Hall–Kier alpha value is -2.27. The Balaban J connectivity index is 2.37. The van der Waals surface area contributed by atoms with Crippen molar-refractivity contribution in [3.8, 4) is 5.69 Å². The minimum absolute atomic E-state index is 0.0814. The fraction of sp³-hybridized carbons (Fsp3) is 0. The van der Waals surface area contributed by atoms with Gasteiger partial charge < -0.3 is 16.0 Å². The zero-order chi connectivity index (χ0) is 13.0. The van der Waals surface area contributed by atoms with Crippen LogP contribution in [0.1, 0.15) is 5.69 Å². The molecular formula is C12H12ClN5. The second-order valence-electron chi connectivity index (χ2n) is 3.52. The largest absolute Gasteiger partial charge is 0.369 e. The predicted molar refractivity (Wildman–Crippen MR) is 74.2 cm³/mol. The maximum absolute atomic E-state index is 6.14. The van der Waals surface area contributed by atoms with Crippen molar-refractivity contribution in [2.24, 2.45) is 21.7 Å². The Morgan fingerprint density at radius 1 is 1.17 bits per heavy atom. The van der Waals surface area contributed by atoms with Crippen molar-refractivity contribution >= 4 is 23.8 Å². The molecular weight excluding hydrogens is 250 g/mol. The highest BCUT2D eigenvalue weighted by Crippen LogP contribution is 2.21. The Kier molecular flexibility index (Phi) is 3.64. The molecule has 92 valence electrons. The highest BCUT2D eigenvalue weighted by atomic mass is 35.5. The Labute approximate surface area is 109 Å². The fourth-order valence-electron chi connectivity index (χ4n) is 1.52. The van der Waals surface area contributed by atoms with E-state index in [0.29, 0.717) is 5.02 Å². The summed E-state index contributed by atoms with van der Waals surface area (Å²) in [5.41, 5.74) is 12.1. The number of guanidine groups is 1. The third kappa shape index (κ3) is 2.70. The third-order valence-electron chi connectivity index (χ3n) is 2.26. The molecule has 0 saturated heterocycles. The van der Waals surface area contributed by atoms with Crippen molar-refractivity contribution in [2.45, 2.75) is 0 Å². The molecule has 0 spiro atoms. The van der Waals surface area contributed by atoms with Crippen LogP contribution in [0, 0.1) is 0 Å². The number of nitrogens with zero attached hydrogens (tertiary/aromatic N) is 3. The van der Waals surface area contributed by atoms with E-state index in [1.54, 1.807) is 6.21 Å². The van der Waals surface area contributed by atoms with Gasteiger partial charge in [-0.15, -0.1) is 5.10 Å². The zero-order valence-corrected chi connectivity index (χ0v) is 10.2. The lowest BCUT2D eigenvalue weighted by molar-refractivity contribution is 1.06. The van der Waals surface area contributed by atoms with E-state index in [1.807, 2.05) is 47.2 Å². The molecule has 0 saturated carbocycles. The Morgan fingerprint density at radius 3 is 2.67 bits per heavy atom. The van der Waals surface area contributed by atoms with E-state index in [0.717, 1.165) is 11.4 Å². The molecule has 1 heterocycles. The molecule has 0 fully saturated rings. The summed E-state index contributed by atoms with van der Waals surface area (Å²) in [6, 6.07) is 11.3. The lowest BCUT2D eigenvalue weighted by Gasteiger charge is -2.07.